The summed E-state index contributed by atoms with van der Waals surface area (Å²) < 4.78 is 0. The average Bonchev–Trinajstić information content (AvgIpc) is 2.39. The Kier molecular flexibility index (Phi) is 3.57. The quantitative estimate of drug-likeness (QED) is 0.591. The second kappa shape index (κ2) is 5.13. The standard InChI is InChI=1S/C14H17NO2/c1-11(17)13-4-2-3-5-14(13)12-6-8-15(10-16)9-7-12/h2-5,10,12H,6-9H2,1H3. The third-order valence-electron chi connectivity index (χ3n) is 3.46. The molecule has 0 atom stereocenters. The van der Waals surface area contributed by atoms with E-state index in [0.29, 0.717) is 5.92 Å². The van der Waals surface area contributed by atoms with Crippen molar-refractivity contribution in [2.75, 3.05) is 13.1 Å². The van der Waals surface area contributed by atoms with Crippen LogP contribution in [0.15, 0.2) is 24.3 Å². The van der Waals surface area contributed by atoms with Crippen molar-refractivity contribution in [1.29, 1.82) is 0 Å². The summed E-state index contributed by atoms with van der Waals surface area (Å²) in [5.41, 5.74) is 1.97. The summed E-state index contributed by atoms with van der Waals surface area (Å²) in [5.74, 6) is 0.532. The number of Topliss-reactive ketones (excluding diaryl/α,β-unsaturated/α-hetero) is 1. The molecule has 0 bridgehead atoms. The number of piperidine rings is 1. The second-order valence-electron chi connectivity index (χ2n) is 4.56. The molecular weight excluding hydrogens is 214 g/mol. The van der Waals surface area contributed by atoms with E-state index >= 15 is 0 Å². The molecule has 90 valence electrons. The molecule has 0 radical (unpaired) electrons. The maximum absolute atomic E-state index is 11.6. The second-order valence-corrected chi connectivity index (χ2v) is 4.56. The number of hydrogen-bond donors (Lipinski definition) is 0. The van der Waals surface area contributed by atoms with Gasteiger partial charge in [0.2, 0.25) is 6.41 Å². The fourth-order valence-corrected chi connectivity index (χ4v) is 2.49. The van der Waals surface area contributed by atoms with Gasteiger partial charge < -0.3 is 4.90 Å². The van der Waals surface area contributed by atoms with E-state index in [-0.39, 0.29) is 5.78 Å². The summed E-state index contributed by atoms with van der Waals surface area (Å²) in [5, 5.41) is 0. The van der Waals surface area contributed by atoms with Crippen molar-refractivity contribution in [3.8, 4) is 0 Å². The number of benzene rings is 1. The Bertz CT molecular complexity index is 420. The number of ketones is 1. The summed E-state index contributed by atoms with van der Waals surface area (Å²) in [6, 6.07) is 7.82. The zero-order chi connectivity index (χ0) is 12.3. The van der Waals surface area contributed by atoms with Crippen LogP contribution in [0.2, 0.25) is 0 Å². The molecule has 1 aromatic carbocycles. The van der Waals surface area contributed by atoms with E-state index in [1.807, 2.05) is 24.3 Å². The van der Waals surface area contributed by atoms with Crippen LogP contribution >= 0.6 is 0 Å². The number of carbonyl (C=O) groups excluding carboxylic acids is 2. The van der Waals surface area contributed by atoms with Crippen molar-refractivity contribution in [2.24, 2.45) is 0 Å². The summed E-state index contributed by atoms with van der Waals surface area (Å²) in [4.78, 5) is 24.0. The number of rotatable bonds is 3. The first-order valence-electron chi connectivity index (χ1n) is 6.01. The topological polar surface area (TPSA) is 37.4 Å². The number of carbonyl (C=O) groups is 2. The minimum absolute atomic E-state index is 0.124. The van der Waals surface area contributed by atoms with Crippen molar-refractivity contribution in [3.05, 3.63) is 35.4 Å². The van der Waals surface area contributed by atoms with Gasteiger partial charge in [0.1, 0.15) is 0 Å². The van der Waals surface area contributed by atoms with Crippen LogP contribution < -0.4 is 0 Å². The Morgan fingerprint density at radius 2 is 1.94 bits per heavy atom. The van der Waals surface area contributed by atoms with E-state index < -0.39 is 0 Å². The van der Waals surface area contributed by atoms with E-state index in [0.717, 1.165) is 43.5 Å². The van der Waals surface area contributed by atoms with E-state index in [1.54, 1.807) is 11.8 Å². The van der Waals surface area contributed by atoms with Gasteiger partial charge in [-0.2, -0.15) is 0 Å². The van der Waals surface area contributed by atoms with Crippen molar-refractivity contribution < 1.29 is 9.59 Å². The molecule has 2 rings (SSSR count). The van der Waals surface area contributed by atoms with Crippen LogP contribution in [0.3, 0.4) is 0 Å². The summed E-state index contributed by atoms with van der Waals surface area (Å²) in [7, 11) is 0. The molecule has 3 nitrogen and oxygen atoms in total. The van der Waals surface area contributed by atoms with Crippen molar-refractivity contribution in [3.63, 3.8) is 0 Å². The minimum Gasteiger partial charge on any atom is -0.345 e. The SMILES string of the molecule is CC(=O)c1ccccc1C1CCN(C=O)CC1. The average molecular weight is 231 g/mol. The Morgan fingerprint density at radius 1 is 1.29 bits per heavy atom. The first kappa shape index (κ1) is 11.8. The molecule has 0 aromatic heterocycles. The molecule has 1 saturated heterocycles. The Morgan fingerprint density at radius 3 is 2.53 bits per heavy atom. The van der Waals surface area contributed by atoms with Gasteiger partial charge in [0.05, 0.1) is 0 Å². The highest BCUT2D eigenvalue weighted by Crippen LogP contribution is 2.30. The van der Waals surface area contributed by atoms with E-state index in [9.17, 15) is 9.59 Å². The normalized spacial score (nSPS) is 16.9. The van der Waals surface area contributed by atoms with Crippen LogP contribution in [0, 0.1) is 0 Å². The van der Waals surface area contributed by atoms with Crippen molar-refractivity contribution >= 4 is 12.2 Å². The smallest absolute Gasteiger partial charge is 0.209 e. The first-order valence-corrected chi connectivity index (χ1v) is 6.01. The van der Waals surface area contributed by atoms with Crippen molar-refractivity contribution in [2.45, 2.75) is 25.7 Å². The predicted molar refractivity (Wildman–Crippen MR) is 66.1 cm³/mol. The summed E-state index contributed by atoms with van der Waals surface area (Å²) in [6.07, 6.45) is 2.80. The van der Waals surface area contributed by atoms with Crippen molar-refractivity contribution in [1.82, 2.24) is 4.90 Å². The lowest BCUT2D eigenvalue weighted by atomic mass is 9.86. The first-order chi connectivity index (χ1) is 8.22. The van der Waals surface area contributed by atoms with E-state index in [2.05, 4.69) is 0 Å². The molecule has 0 aliphatic carbocycles. The molecule has 1 aliphatic heterocycles. The fourth-order valence-electron chi connectivity index (χ4n) is 2.49. The predicted octanol–water partition coefficient (Wildman–Crippen LogP) is 2.23. The van der Waals surface area contributed by atoms with Crippen LogP contribution in [-0.4, -0.2) is 30.2 Å². The molecule has 3 heteroatoms. The van der Waals surface area contributed by atoms with Gasteiger partial charge in [-0.25, -0.2) is 0 Å². The van der Waals surface area contributed by atoms with Gasteiger partial charge in [-0.05, 0) is 31.2 Å². The van der Waals surface area contributed by atoms with Gasteiger partial charge in [0, 0.05) is 18.7 Å². The summed E-state index contributed by atoms with van der Waals surface area (Å²) >= 11 is 0. The van der Waals surface area contributed by atoms with Crippen LogP contribution in [0.1, 0.15) is 41.6 Å². The van der Waals surface area contributed by atoms with Crippen LogP contribution in [0.5, 0.6) is 0 Å². The maximum atomic E-state index is 11.6. The molecule has 0 N–H and O–H groups in total. The fraction of sp³-hybridized carbons (Fsp3) is 0.429. The molecule has 0 saturated carbocycles. The van der Waals surface area contributed by atoms with Gasteiger partial charge in [0.15, 0.2) is 5.78 Å². The highest BCUT2D eigenvalue weighted by atomic mass is 16.1. The Labute approximate surface area is 101 Å². The van der Waals surface area contributed by atoms with E-state index in [1.165, 1.54) is 0 Å². The largest absolute Gasteiger partial charge is 0.345 e. The highest BCUT2D eigenvalue weighted by molar-refractivity contribution is 5.95. The Balaban J connectivity index is 2.18. The minimum atomic E-state index is 0.124. The molecule has 0 unspecified atom stereocenters. The van der Waals surface area contributed by atoms with Crippen LogP contribution in [-0.2, 0) is 4.79 Å². The third kappa shape index (κ3) is 2.54. The van der Waals surface area contributed by atoms with Gasteiger partial charge in [-0.3, -0.25) is 9.59 Å². The number of nitrogens with zero attached hydrogens (tertiary/aromatic N) is 1. The van der Waals surface area contributed by atoms with Gasteiger partial charge >= 0.3 is 0 Å². The molecule has 1 aliphatic rings. The molecule has 1 fully saturated rings. The molecule has 17 heavy (non-hydrogen) atoms. The lowest BCUT2D eigenvalue weighted by molar-refractivity contribution is -0.119. The highest BCUT2D eigenvalue weighted by Gasteiger charge is 2.22. The van der Waals surface area contributed by atoms with Crippen LogP contribution in [0.4, 0.5) is 0 Å². The molecule has 1 heterocycles. The lowest BCUT2D eigenvalue weighted by Crippen LogP contribution is -2.32. The van der Waals surface area contributed by atoms with E-state index in [4.69, 9.17) is 0 Å². The lowest BCUT2D eigenvalue weighted by Gasteiger charge is -2.30. The van der Waals surface area contributed by atoms with Crippen LogP contribution in [0.25, 0.3) is 0 Å². The number of amides is 1. The Hall–Kier alpha value is -1.64. The zero-order valence-corrected chi connectivity index (χ0v) is 10.1. The molecule has 1 amide bonds. The number of likely N-dealkylation sites (tertiary alicyclic amines) is 1. The summed E-state index contributed by atoms with van der Waals surface area (Å²) in [6.45, 7) is 3.19. The monoisotopic (exact) mass is 231 g/mol. The number of hydrogen-bond acceptors (Lipinski definition) is 2. The molecule has 0 spiro atoms. The third-order valence-corrected chi connectivity index (χ3v) is 3.46. The van der Waals surface area contributed by atoms with Gasteiger partial charge in [-0.15, -0.1) is 0 Å². The molecule has 1 aromatic rings. The maximum Gasteiger partial charge on any atom is 0.209 e. The van der Waals surface area contributed by atoms with Gasteiger partial charge in [-0.1, -0.05) is 24.3 Å². The zero-order valence-electron chi connectivity index (χ0n) is 10.1. The van der Waals surface area contributed by atoms with Gasteiger partial charge in [0.25, 0.3) is 0 Å². The molecular formula is C14H17NO2.